The Morgan fingerprint density at radius 1 is 1.00 bits per heavy atom. The Kier molecular flexibility index (Phi) is 11.1. The van der Waals surface area contributed by atoms with E-state index in [9.17, 15) is 0 Å². The van der Waals surface area contributed by atoms with Crippen LogP contribution in [0.3, 0.4) is 0 Å². The lowest BCUT2D eigenvalue weighted by Crippen LogP contribution is -2.15. The highest BCUT2D eigenvalue weighted by atomic mass is 16.3. The van der Waals surface area contributed by atoms with Crippen LogP contribution in [-0.2, 0) is 0 Å². The van der Waals surface area contributed by atoms with E-state index in [1.54, 1.807) is 0 Å². The minimum Gasteiger partial charge on any atom is -0.395 e. The molecular weight excluding hydrogens is 128 g/mol. The number of hydrogen-bond acceptors (Lipinski definition) is 3. The Labute approximate surface area is 64.2 Å². The molecule has 0 aromatic rings. The van der Waals surface area contributed by atoms with Gasteiger partial charge in [-0.1, -0.05) is 0 Å². The van der Waals surface area contributed by atoms with Gasteiger partial charge in [-0.3, -0.25) is 0 Å². The van der Waals surface area contributed by atoms with Gasteiger partial charge >= 0.3 is 0 Å². The van der Waals surface area contributed by atoms with E-state index >= 15 is 0 Å². The second-order valence-corrected chi connectivity index (χ2v) is 2.87. The predicted molar refractivity (Wildman–Crippen MR) is 45.3 cm³/mol. The second kappa shape index (κ2) is 8.88. The maximum atomic E-state index is 8.20. The molecule has 0 aromatic heterocycles. The molecule has 0 atom stereocenters. The van der Waals surface area contributed by atoms with E-state index in [4.69, 9.17) is 5.11 Å². The zero-order chi connectivity index (χ0) is 8.57. The zero-order valence-electron chi connectivity index (χ0n) is 7.76. The summed E-state index contributed by atoms with van der Waals surface area (Å²) in [5, 5.41) is 8.20. The molecule has 0 fully saturated rings. The average Bonchev–Trinajstić information content (AvgIpc) is 1.62. The molecule has 0 unspecified atom stereocenters. The minimum atomic E-state index is 0.257. The van der Waals surface area contributed by atoms with Crippen LogP contribution in [0.4, 0.5) is 0 Å². The van der Waals surface area contributed by atoms with E-state index in [1.165, 1.54) is 0 Å². The lowest BCUT2D eigenvalue weighted by Gasteiger charge is -2.03. The summed E-state index contributed by atoms with van der Waals surface area (Å²) in [5.74, 6) is 0. The fraction of sp³-hybridized carbons (Fsp3) is 1.00. The molecule has 0 aliphatic carbocycles. The first kappa shape index (κ1) is 12.5. The number of nitrogens with zero attached hydrogens (tertiary/aromatic N) is 2. The van der Waals surface area contributed by atoms with Crippen molar-refractivity contribution in [3.05, 3.63) is 0 Å². The molecule has 0 bridgehead atoms. The second-order valence-electron chi connectivity index (χ2n) is 2.87. The molecule has 0 radical (unpaired) electrons. The normalized spacial score (nSPS) is 9.60. The van der Waals surface area contributed by atoms with Gasteiger partial charge in [0.25, 0.3) is 0 Å². The fourth-order valence-electron chi connectivity index (χ4n) is 0.200. The summed E-state index contributed by atoms with van der Waals surface area (Å²) >= 11 is 0. The summed E-state index contributed by atoms with van der Waals surface area (Å²) in [7, 11) is 9.85. The van der Waals surface area contributed by atoms with Crippen molar-refractivity contribution in [3.8, 4) is 0 Å². The van der Waals surface area contributed by atoms with Crippen LogP contribution in [-0.4, -0.2) is 63.3 Å². The predicted octanol–water partition coefficient (Wildman–Crippen LogP) is -0.282. The highest BCUT2D eigenvalue weighted by Crippen LogP contribution is 1.66. The molecule has 1 N–H and O–H groups in total. The van der Waals surface area contributed by atoms with Crippen molar-refractivity contribution in [2.45, 2.75) is 0 Å². The lowest BCUT2D eigenvalue weighted by molar-refractivity contribution is 0.243. The summed E-state index contributed by atoms with van der Waals surface area (Å²) in [4.78, 5) is 3.93. The Balaban J connectivity index is 0. The van der Waals surface area contributed by atoms with Crippen LogP contribution in [0.1, 0.15) is 0 Å². The van der Waals surface area contributed by atoms with Gasteiger partial charge in [0, 0.05) is 6.54 Å². The van der Waals surface area contributed by atoms with Crippen molar-refractivity contribution in [2.24, 2.45) is 0 Å². The largest absolute Gasteiger partial charge is 0.395 e. The van der Waals surface area contributed by atoms with Crippen molar-refractivity contribution in [1.29, 1.82) is 0 Å². The van der Waals surface area contributed by atoms with Gasteiger partial charge < -0.3 is 14.9 Å². The van der Waals surface area contributed by atoms with Gasteiger partial charge in [-0.25, -0.2) is 0 Å². The average molecular weight is 148 g/mol. The SMILES string of the molecule is CN(C)C.CN(C)CCO. The highest BCUT2D eigenvalue weighted by molar-refractivity contribution is 4.34. The fourth-order valence-corrected chi connectivity index (χ4v) is 0.200. The number of likely N-dealkylation sites (N-methyl/N-ethyl adjacent to an activating group) is 1. The van der Waals surface area contributed by atoms with Crippen molar-refractivity contribution in [2.75, 3.05) is 48.4 Å². The molecule has 0 aliphatic rings. The quantitative estimate of drug-likeness (QED) is 0.583. The number of aliphatic hydroxyl groups excluding tert-OH is 1. The van der Waals surface area contributed by atoms with Crippen molar-refractivity contribution < 1.29 is 5.11 Å². The molecule has 3 nitrogen and oxygen atoms in total. The highest BCUT2D eigenvalue weighted by Gasteiger charge is 1.80. The lowest BCUT2D eigenvalue weighted by atomic mass is 10.6. The molecule has 0 aromatic carbocycles. The molecule has 0 amide bonds. The van der Waals surface area contributed by atoms with E-state index in [0.717, 1.165) is 6.54 Å². The topological polar surface area (TPSA) is 26.7 Å². The van der Waals surface area contributed by atoms with E-state index in [0.29, 0.717) is 0 Å². The summed E-state index contributed by atoms with van der Waals surface area (Å²) < 4.78 is 0. The zero-order valence-corrected chi connectivity index (χ0v) is 7.76. The van der Waals surface area contributed by atoms with E-state index in [1.807, 2.05) is 45.0 Å². The third-order valence-electron chi connectivity index (χ3n) is 0.547. The first-order chi connectivity index (χ1) is 4.50. The Bertz CT molecular complexity index is 52.8. The maximum absolute atomic E-state index is 8.20. The number of hydrogen-bond donors (Lipinski definition) is 1. The van der Waals surface area contributed by atoms with Crippen molar-refractivity contribution in [3.63, 3.8) is 0 Å². The molecular formula is C7H20N2O. The van der Waals surface area contributed by atoms with Crippen molar-refractivity contribution in [1.82, 2.24) is 9.80 Å². The molecule has 0 aliphatic heterocycles. The van der Waals surface area contributed by atoms with Crippen LogP contribution in [0.5, 0.6) is 0 Å². The molecule has 10 heavy (non-hydrogen) atoms. The molecule has 3 heteroatoms. The summed E-state index contributed by atoms with van der Waals surface area (Å²) in [5.41, 5.74) is 0. The summed E-state index contributed by atoms with van der Waals surface area (Å²) in [6.45, 7) is 1.02. The van der Waals surface area contributed by atoms with Gasteiger partial charge in [0.15, 0.2) is 0 Å². The van der Waals surface area contributed by atoms with Crippen LogP contribution < -0.4 is 0 Å². The maximum Gasteiger partial charge on any atom is 0.0558 e. The van der Waals surface area contributed by atoms with Crippen LogP contribution in [0.2, 0.25) is 0 Å². The summed E-state index contributed by atoms with van der Waals surface area (Å²) in [6.07, 6.45) is 0. The van der Waals surface area contributed by atoms with E-state index in [-0.39, 0.29) is 6.61 Å². The van der Waals surface area contributed by atoms with E-state index < -0.39 is 0 Å². The Morgan fingerprint density at radius 3 is 1.30 bits per heavy atom. The summed E-state index contributed by atoms with van der Waals surface area (Å²) in [6, 6.07) is 0. The standard InChI is InChI=1S/C4H11NO.C3H9N/c1-5(2)3-4-6;1-4(2)3/h6H,3-4H2,1-2H3;1-3H3. The van der Waals surface area contributed by atoms with Crippen LogP contribution in [0, 0.1) is 0 Å². The van der Waals surface area contributed by atoms with Crippen LogP contribution in [0.25, 0.3) is 0 Å². The molecule has 0 saturated heterocycles. The smallest absolute Gasteiger partial charge is 0.0558 e. The molecule has 0 saturated carbocycles. The van der Waals surface area contributed by atoms with Gasteiger partial charge in [-0.15, -0.1) is 0 Å². The van der Waals surface area contributed by atoms with Crippen LogP contribution in [0.15, 0.2) is 0 Å². The van der Waals surface area contributed by atoms with Gasteiger partial charge in [0.2, 0.25) is 0 Å². The number of rotatable bonds is 2. The Morgan fingerprint density at radius 2 is 1.30 bits per heavy atom. The third-order valence-corrected chi connectivity index (χ3v) is 0.547. The monoisotopic (exact) mass is 148 g/mol. The van der Waals surface area contributed by atoms with Gasteiger partial charge in [0.05, 0.1) is 6.61 Å². The van der Waals surface area contributed by atoms with E-state index in [2.05, 4.69) is 0 Å². The first-order valence-corrected chi connectivity index (χ1v) is 3.37. The van der Waals surface area contributed by atoms with Crippen molar-refractivity contribution >= 4 is 0 Å². The van der Waals surface area contributed by atoms with Gasteiger partial charge in [-0.05, 0) is 35.2 Å². The molecule has 0 spiro atoms. The molecule has 64 valence electrons. The van der Waals surface area contributed by atoms with Crippen LogP contribution >= 0.6 is 0 Å². The minimum absolute atomic E-state index is 0.257. The van der Waals surface area contributed by atoms with Gasteiger partial charge in [0.1, 0.15) is 0 Å². The third kappa shape index (κ3) is 45.0. The molecule has 0 heterocycles. The van der Waals surface area contributed by atoms with Gasteiger partial charge in [-0.2, -0.15) is 0 Å². The molecule has 0 rings (SSSR count). The Hall–Kier alpha value is -0.120. The first-order valence-electron chi connectivity index (χ1n) is 3.37. The number of aliphatic hydroxyl groups is 1.